The van der Waals surface area contributed by atoms with E-state index < -0.39 is 6.04 Å². The van der Waals surface area contributed by atoms with Crippen molar-refractivity contribution < 1.29 is 14.4 Å². The first-order chi connectivity index (χ1) is 10.8. The van der Waals surface area contributed by atoms with E-state index in [2.05, 4.69) is 17.9 Å². The molecule has 0 aliphatic rings. The molecular weight excluding hydrogens is 314 g/mol. The van der Waals surface area contributed by atoms with Crippen LogP contribution in [0.1, 0.15) is 39.0 Å². The number of likely N-dealkylation sites (N-methyl/N-ethyl adjacent to an activating group) is 1. The zero-order chi connectivity index (χ0) is 17.8. The summed E-state index contributed by atoms with van der Waals surface area (Å²) in [6, 6.07) is -0.727. The highest BCUT2D eigenvalue weighted by Gasteiger charge is 2.27. The minimum atomic E-state index is -0.727. The number of thiol groups is 1. The molecule has 0 saturated carbocycles. The van der Waals surface area contributed by atoms with Crippen LogP contribution in [0.4, 0.5) is 0 Å². The van der Waals surface area contributed by atoms with E-state index in [0.29, 0.717) is 13.0 Å². The van der Waals surface area contributed by atoms with E-state index in [1.807, 2.05) is 19.0 Å². The van der Waals surface area contributed by atoms with Gasteiger partial charge in [-0.3, -0.25) is 14.4 Å². The summed E-state index contributed by atoms with van der Waals surface area (Å²) in [4.78, 5) is 39.4. The van der Waals surface area contributed by atoms with Gasteiger partial charge in [-0.05, 0) is 52.6 Å². The zero-order valence-corrected chi connectivity index (χ0v) is 15.7. The van der Waals surface area contributed by atoms with Gasteiger partial charge in [-0.25, -0.2) is 0 Å². The van der Waals surface area contributed by atoms with Crippen LogP contribution >= 0.6 is 12.6 Å². The van der Waals surface area contributed by atoms with Crippen molar-refractivity contribution in [1.82, 2.24) is 15.1 Å². The third kappa shape index (κ3) is 10.3. The van der Waals surface area contributed by atoms with Crippen LogP contribution in [-0.2, 0) is 14.4 Å². The quantitative estimate of drug-likeness (QED) is 0.408. The molecule has 2 amide bonds. The van der Waals surface area contributed by atoms with Crippen LogP contribution in [0.15, 0.2) is 0 Å². The molecule has 0 spiro atoms. The number of nitrogens with one attached hydrogen (secondary N) is 1. The number of carbonyl (C=O) groups is 3. The smallest absolute Gasteiger partial charge is 0.243 e. The van der Waals surface area contributed by atoms with Gasteiger partial charge in [0.05, 0.1) is 0 Å². The van der Waals surface area contributed by atoms with Gasteiger partial charge in [-0.1, -0.05) is 0 Å². The van der Waals surface area contributed by atoms with Gasteiger partial charge in [0.2, 0.25) is 11.8 Å². The maximum Gasteiger partial charge on any atom is 0.243 e. The van der Waals surface area contributed by atoms with Gasteiger partial charge >= 0.3 is 0 Å². The highest BCUT2D eigenvalue weighted by atomic mass is 32.1. The standard InChI is InChI=1S/C16H31N3O3S/c1-13(20)12-14(16(22)17-9-7-10-18(2)3)19(4)15(21)8-5-6-11-23/h14,23H,5-12H2,1-4H3,(H,17,22). The van der Waals surface area contributed by atoms with Crippen LogP contribution in [0.2, 0.25) is 0 Å². The van der Waals surface area contributed by atoms with Crippen molar-refractivity contribution in [1.29, 1.82) is 0 Å². The van der Waals surface area contributed by atoms with Crippen molar-refractivity contribution in [2.45, 2.75) is 45.1 Å². The zero-order valence-electron chi connectivity index (χ0n) is 14.8. The number of hydrogen-bond donors (Lipinski definition) is 2. The Hall–Kier alpha value is -1.08. The average molecular weight is 346 g/mol. The molecule has 0 fully saturated rings. The second-order valence-electron chi connectivity index (χ2n) is 6.06. The molecule has 134 valence electrons. The van der Waals surface area contributed by atoms with Crippen LogP contribution in [-0.4, -0.2) is 73.4 Å². The maximum atomic E-state index is 12.3. The third-order valence-electron chi connectivity index (χ3n) is 3.52. The summed E-state index contributed by atoms with van der Waals surface area (Å²) in [6.07, 6.45) is 2.85. The Labute approximate surface area is 145 Å². The maximum absolute atomic E-state index is 12.3. The molecule has 1 N–H and O–H groups in total. The lowest BCUT2D eigenvalue weighted by molar-refractivity contribution is -0.140. The minimum Gasteiger partial charge on any atom is -0.354 e. The summed E-state index contributed by atoms with van der Waals surface area (Å²) < 4.78 is 0. The molecule has 0 heterocycles. The normalized spacial score (nSPS) is 12.1. The van der Waals surface area contributed by atoms with Crippen LogP contribution in [0.5, 0.6) is 0 Å². The Morgan fingerprint density at radius 1 is 1.09 bits per heavy atom. The second-order valence-corrected chi connectivity index (χ2v) is 6.50. The van der Waals surface area contributed by atoms with Gasteiger partial charge in [0.15, 0.2) is 0 Å². The monoisotopic (exact) mass is 345 g/mol. The first-order valence-corrected chi connectivity index (χ1v) is 8.71. The van der Waals surface area contributed by atoms with Gasteiger partial charge in [0, 0.05) is 26.4 Å². The van der Waals surface area contributed by atoms with Crippen LogP contribution in [0.25, 0.3) is 0 Å². The number of rotatable bonds is 12. The summed E-state index contributed by atoms with van der Waals surface area (Å²) in [7, 11) is 5.53. The average Bonchev–Trinajstić information content (AvgIpc) is 2.48. The molecular formula is C16H31N3O3S. The SMILES string of the molecule is CC(=O)CC(C(=O)NCCCN(C)C)N(C)C(=O)CCCCS. The summed E-state index contributed by atoms with van der Waals surface area (Å²) >= 11 is 4.12. The van der Waals surface area contributed by atoms with Gasteiger partial charge in [0.25, 0.3) is 0 Å². The molecule has 0 aromatic heterocycles. The van der Waals surface area contributed by atoms with Crippen LogP contribution in [0, 0.1) is 0 Å². The Kier molecular flexibility index (Phi) is 11.8. The number of hydrogen-bond acceptors (Lipinski definition) is 5. The molecule has 1 unspecified atom stereocenters. The lowest BCUT2D eigenvalue weighted by atomic mass is 10.1. The molecule has 0 aromatic carbocycles. The number of amides is 2. The van der Waals surface area contributed by atoms with Crippen molar-refractivity contribution in [3.8, 4) is 0 Å². The predicted octanol–water partition coefficient (Wildman–Crippen LogP) is 0.961. The Morgan fingerprint density at radius 2 is 1.74 bits per heavy atom. The number of Topliss-reactive ketones (excluding diaryl/α,β-unsaturated/α-hetero) is 1. The molecule has 0 aliphatic carbocycles. The molecule has 0 radical (unpaired) electrons. The topological polar surface area (TPSA) is 69.7 Å². The number of unbranched alkanes of at least 4 members (excludes halogenated alkanes) is 1. The Balaban J connectivity index is 4.55. The van der Waals surface area contributed by atoms with Crippen molar-refractivity contribution >= 4 is 30.2 Å². The molecule has 0 aromatic rings. The first-order valence-electron chi connectivity index (χ1n) is 8.08. The molecule has 0 aliphatic heterocycles. The van der Waals surface area contributed by atoms with Crippen molar-refractivity contribution in [2.75, 3.05) is 40.0 Å². The molecule has 7 heteroatoms. The fourth-order valence-corrected chi connectivity index (χ4v) is 2.36. The first kappa shape index (κ1) is 21.9. The number of carbonyl (C=O) groups excluding carboxylic acids is 3. The van der Waals surface area contributed by atoms with E-state index in [0.717, 1.165) is 31.6 Å². The summed E-state index contributed by atoms with van der Waals surface area (Å²) in [5.74, 6) is 0.263. The summed E-state index contributed by atoms with van der Waals surface area (Å²) in [6.45, 7) is 2.84. The fourth-order valence-electron chi connectivity index (χ4n) is 2.14. The number of nitrogens with zero attached hydrogens (tertiary/aromatic N) is 2. The summed E-state index contributed by atoms with van der Waals surface area (Å²) in [5.41, 5.74) is 0. The van der Waals surface area contributed by atoms with Crippen molar-refractivity contribution in [2.24, 2.45) is 0 Å². The highest BCUT2D eigenvalue weighted by Crippen LogP contribution is 2.08. The van der Waals surface area contributed by atoms with Crippen molar-refractivity contribution in [3.05, 3.63) is 0 Å². The van der Waals surface area contributed by atoms with Gasteiger partial charge < -0.3 is 15.1 Å². The van der Waals surface area contributed by atoms with Gasteiger partial charge in [-0.2, -0.15) is 12.6 Å². The van der Waals surface area contributed by atoms with Crippen LogP contribution in [0.3, 0.4) is 0 Å². The van der Waals surface area contributed by atoms with E-state index in [1.54, 1.807) is 7.05 Å². The van der Waals surface area contributed by atoms with Crippen LogP contribution < -0.4 is 5.32 Å². The Morgan fingerprint density at radius 3 is 2.26 bits per heavy atom. The highest BCUT2D eigenvalue weighted by molar-refractivity contribution is 7.80. The van der Waals surface area contributed by atoms with Gasteiger partial charge in [-0.15, -0.1) is 0 Å². The lowest BCUT2D eigenvalue weighted by Crippen LogP contribution is -2.48. The lowest BCUT2D eigenvalue weighted by Gasteiger charge is -2.27. The number of ketones is 1. The molecule has 1 atom stereocenters. The van der Waals surface area contributed by atoms with Gasteiger partial charge in [0.1, 0.15) is 11.8 Å². The fraction of sp³-hybridized carbons (Fsp3) is 0.812. The second kappa shape index (κ2) is 12.4. The molecule has 0 saturated heterocycles. The van der Waals surface area contributed by atoms with E-state index in [-0.39, 0.29) is 24.0 Å². The largest absolute Gasteiger partial charge is 0.354 e. The molecule has 6 nitrogen and oxygen atoms in total. The molecule has 0 rings (SSSR count). The minimum absolute atomic E-state index is 0.0499. The predicted molar refractivity (Wildman–Crippen MR) is 95.7 cm³/mol. The van der Waals surface area contributed by atoms with E-state index >= 15 is 0 Å². The Bertz CT molecular complexity index is 389. The molecule has 23 heavy (non-hydrogen) atoms. The van der Waals surface area contributed by atoms with E-state index in [9.17, 15) is 14.4 Å². The molecule has 0 bridgehead atoms. The van der Waals surface area contributed by atoms with E-state index in [4.69, 9.17) is 0 Å². The van der Waals surface area contributed by atoms with E-state index in [1.165, 1.54) is 11.8 Å². The summed E-state index contributed by atoms with van der Waals surface area (Å²) in [5, 5.41) is 2.82. The third-order valence-corrected chi connectivity index (χ3v) is 3.84. The van der Waals surface area contributed by atoms with Crippen molar-refractivity contribution in [3.63, 3.8) is 0 Å².